The molecular formula is C26H28Cl4N2O2. The summed E-state index contributed by atoms with van der Waals surface area (Å²) in [5, 5.41) is 24.1. The topological polar surface area (TPSA) is 46.9 Å². The van der Waals surface area contributed by atoms with E-state index in [2.05, 4.69) is 21.6 Å². The maximum absolute atomic E-state index is 11.1. The molecule has 182 valence electrons. The van der Waals surface area contributed by atoms with Crippen molar-refractivity contribution in [3.8, 4) is 11.8 Å². The summed E-state index contributed by atoms with van der Waals surface area (Å²) in [5.41, 5.74) is -0.120. The molecule has 2 aromatic rings. The van der Waals surface area contributed by atoms with Crippen molar-refractivity contribution in [2.45, 2.75) is 36.9 Å². The monoisotopic (exact) mass is 540 g/mol. The van der Waals surface area contributed by atoms with Crippen LogP contribution in [0.15, 0.2) is 36.4 Å². The zero-order valence-corrected chi connectivity index (χ0v) is 21.9. The van der Waals surface area contributed by atoms with E-state index in [1.54, 1.807) is 24.3 Å². The molecule has 2 aromatic carbocycles. The van der Waals surface area contributed by atoms with Gasteiger partial charge in [-0.05, 0) is 61.1 Å². The molecule has 2 fully saturated rings. The Morgan fingerprint density at radius 2 is 0.971 bits per heavy atom. The van der Waals surface area contributed by atoms with Crippen LogP contribution in [0.2, 0.25) is 20.1 Å². The van der Waals surface area contributed by atoms with E-state index in [9.17, 15) is 10.2 Å². The van der Waals surface area contributed by atoms with Gasteiger partial charge in [0.1, 0.15) is 0 Å². The Morgan fingerprint density at radius 3 is 1.29 bits per heavy atom. The van der Waals surface area contributed by atoms with Crippen molar-refractivity contribution in [3.05, 3.63) is 67.6 Å². The number of halogens is 4. The number of nitrogens with zero attached hydrogens (tertiary/aromatic N) is 2. The Morgan fingerprint density at radius 1 is 0.618 bits per heavy atom. The Balaban J connectivity index is 1.22. The van der Waals surface area contributed by atoms with Crippen LogP contribution in [-0.4, -0.2) is 59.3 Å². The van der Waals surface area contributed by atoms with Gasteiger partial charge in [0.2, 0.25) is 0 Å². The Hall–Kier alpha value is -1.000. The van der Waals surface area contributed by atoms with Crippen LogP contribution in [0.5, 0.6) is 0 Å². The maximum Gasteiger partial charge on any atom is 0.0921 e. The predicted octanol–water partition coefficient (Wildman–Crippen LogP) is 5.57. The highest BCUT2D eigenvalue weighted by molar-refractivity contribution is 6.42. The second kappa shape index (κ2) is 10.9. The molecule has 0 aliphatic carbocycles. The van der Waals surface area contributed by atoms with Gasteiger partial charge in [0.15, 0.2) is 0 Å². The van der Waals surface area contributed by atoms with E-state index >= 15 is 0 Å². The van der Waals surface area contributed by atoms with Crippen molar-refractivity contribution in [2.75, 3.05) is 39.3 Å². The van der Waals surface area contributed by atoms with Crippen molar-refractivity contribution in [1.82, 2.24) is 9.80 Å². The quantitative estimate of drug-likeness (QED) is 0.497. The van der Waals surface area contributed by atoms with Gasteiger partial charge in [-0.25, -0.2) is 0 Å². The first-order valence-electron chi connectivity index (χ1n) is 11.4. The molecule has 0 amide bonds. The summed E-state index contributed by atoms with van der Waals surface area (Å²) >= 11 is 24.3. The van der Waals surface area contributed by atoms with Gasteiger partial charge < -0.3 is 10.2 Å². The Labute approximate surface area is 221 Å². The van der Waals surface area contributed by atoms with Crippen molar-refractivity contribution in [3.63, 3.8) is 0 Å². The van der Waals surface area contributed by atoms with Crippen molar-refractivity contribution in [1.29, 1.82) is 0 Å². The van der Waals surface area contributed by atoms with Gasteiger partial charge in [-0.1, -0.05) is 70.4 Å². The van der Waals surface area contributed by atoms with Gasteiger partial charge in [-0.15, -0.1) is 0 Å². The first-order valence-corrected chi connectivity index (χ1v) is 13.0. The Bertz CT molecular complexity index is 998. The van der Waals surface area contributed by atoms with Crippen LogP contribution in [0.1, 0.15) is 36.8 Å². The minimum atomic E-state index is -0.878. The van der Waals surface area contributed by atoms with Crippen LogP contribution >= 0.6 is 46.4 Å². The smallest absolute Gasteiger partial charge is 0.0921 e. The predicted molar refractivity (Wildman–Crippen MR) is 140 cm³/mol. The maximum atomic E-state index is 11.1. The van der Waals surface area contributed by atoms with E-state index in [1.807, 2.05) is 12.1 Å². The normalized spacial score (nSPS) is 20.5. The number of likely N-dealkylation sites (tertiary alicyclic amines) is 2. The zero-order valence-electron chi connectivity index (χ0n) is 18.8. The molecule has 34 heavy (non-hydrogen) atoms. The molecular weight excluding hydrogens is 514 g/mol. The third-order valence-electron chi connectivity index (χ3n) is 7.01. The van der Waals surface area contributed by atoms with Gasteiger partial charge in [-0.3, -0.25) is 9.80 Å². The lowest BCUT2D eigenvalue weighted by Crippen LogP contribution is -2.43. The highest BCUT2D eigenvalue weighted by atomic mass is 35.5. The first-order chi connectivity index (χ1) is 16.2. The number of aliphatic hydroxyl groups is 2. The third-order valence-corrected chi connectivity index (χ3v) is 8.49. The molecule has 0 aromatic heterocycles. The fraction of sp³-hybridized carbons (Fsp3) is 0.462. The minimum absolute atomic E-state index is 0.467. The van der Waals surface area contributed by atoms with Crippen LogP contribution in [-0.2, 0) is 11.2 Å². The minimum Gasteiger partial charge on any atom is -0.385 e. The summed E-state index contributed by atoms with van der Waals surface area (Å²) < 4.78 is 0. The molecule has 8 heteroatoms. The van der Waals surface area contributed by atoms with E-state index in [1.165, 1.54) is 0 Å². The van der Waals surface area contributed by atoms with Gasteiger partial charge in [-0.2, -0.15) is 0 Å². The summed E-state index contributed by atoms with van der Waals surface area (Å²) in [7, 11) is 0. The molecule has 2 heterocycles. The number of piperidine rings is 2. The molecule has 0 spiro atoms. The van der Waals surface area contributed by atoms with Crippen molar-refractivity contribution in [2.24, 2.45) is 0 Å². The number of rotatable bonds is 4. The lowest BCUT2D eigenvalue weighted by molar-refractivity contribution is -0.0237. The molecule has 2 aliphatic heterocycles. The summed E-state index contributed by atoms with van der Waals surface area (Å²) in [6.07, 6.45) is 2.52. The first kappa shape index (κ1) is 26.1. The molecule has 4 nitrogen and oxygen atoms in total. The van der Waals surface area contributed by atoms with Gasteiger partial charge in [0, 0.05) is 26.2 Å². The van der Waals surface area contributed by atoms with E-state index in [-0.39, 0.29) is 0 Å². The highest BCUT2D eigenvalue weighted by Gasteiger charge is 2.35. The number of hydrogen-bond donors (Lipinski definition) is 2. The molecule has 0 atom stereocenters. The summed E-state index contributed by atoms with van der Waals surface area (Å²) in [5.74, 6) is 6.54. The molecule has 2 N–H and O–H groups in total. The highest BCUT2D eigenvalue weighted by Crippen LogP contribution is 2.37. The van der Waals surface area contributed by atoms with Crippen molar-refractivity contribution < 1.29 is 10.2 Å². The van der Waals surface area contributed by atoms with E-state index in [4.69, 9.17) is 46.4 Å². The van der Waals surface area contributed by atoms with E-state index in [0.717, 1.165) is 37.3 Å². The lowest BCUT2D eigenvalue weighted by atomic mass is 9.84. The molecule has 2 saturated heterocycles. The van der Waals surface area contributed by atoms with Crippen LogP contribution in [0, 0.1) is 11.8 Å². The average Bonchev–Trinajstić information content (AvgIpc) is 2.82. The van der Waals surface area contributed by atoms with Crippen LogP contribution in [0.4, 0.5) is 0 Å². The molecule has 0 bridgehead atoms. The molecule has 0 saturated carbocycles. The average molecular weight is 542 g/mol. The summed E-state index contributed by atoms with van der Waals surface area (Å²) in [6, 6.07) is 10.7. The lowest BCUT2D eigenvalue weighted by Gasteiger charge is -2.38. The number of hydrogen-bond acceptors (Lipinski definition) is 4. The van der Waals surface area contributed by atoms with Crippen molar-refractivity contribution >= 4 is 46.4 Å². The summed E-state index contributed by atoms with van der Waals surface area (Å²) in [4.78, 5) is 4.52. The molecule has 2 aliphatic rings. The number of benzene rings is 2. The van der Waals surface area contributed by atoms with Gasteiger partial charge in [0.25, 0.3) is 0 Å². The zero-order chi connectivity index (χ0) is 24.3. The standard InChI is InChI=1S/C26H28Cl4N2O2/c27-21-5-3-19(17-23(21)29)25(33)7-13-31(14-8-25)11-1-2-12-32-15-9-26(34,10-16-32)20-4-6-22(28)24(30)18-20/h3-6,17-18,33-34H,7-16H2. The molecule has 4 rings (SSSR count). The fourth-order valence-corrected chi connectivity index (χ4v) is 5.24. The van der Waals surface area contributed by atoms with Crippen LogP contribution < -0.4 is 0 Å². The third kappa shape index (κ3) is 6.03. The van der Waals surface area contributed by atoms with Gasteiger partial charge in [0.05, 0.1) is 44.4 Å². The second-order valence-electron chi connectivity index (χ2n) is 9.23. The Kier molecular flexibility index (Phi) is 8.40. The fourth-order valence-electron chi connectivity index (χ4n) is 4.65. The second-order valence-corrected chi connectivity index (χ2v) is 10.9. The SMILES string of the molecule is OC1(c2ccc(Cl)c(Cl)c2)CCN(CC#CCN2CCC(O)(c3ccc(Cl)c(Cl)c3)CC2)CC1. The molecule has 0 unspecified atom stereocenters. The van der Waals surface area contributed by atoms with Crippen LogP contribution in [0.25, 0.3) is 0 Å². The van der Waals surface area contributed by atoms with Crippen LogP contribution in [0.3, 0.4) is 0 Å². The molecule has 0 radical (unpaired) electrons. The van der Waals surface area contributed by atoms with E-state index < -0.39 is 11.2 Å². The largest absolute Gasteiger partial charge is 0.385 e. The van der Waals surface area contributed by atoms with E-state index in [0.29, 0.717) is 58.9 Å². The van der Waals surface area contributed by atoms with Gasteiger partial charge >= 0.3 is 0 Å². The summed E-state index contributed by atoms with van der Waals surface area (Å²) in [6.45, 7) is 4.44.